The van der Waals surface area contributed by atoms with Crippen LogP contribution in [-0.2, 0) is 6.54 Å². The summed E-state index contributed by atoms with van der Waals surface area (Å²) in [4.78, 5) is 31.3. The number of rotatable bonds is 3. The fraction of sp³-hybridized carbons (Fsp3) is 0.375. The highest BCUT2D eigenvalue weighted by atomic mass is 35.5. The number of hydrogen-bond acceptors (Lipinski definition) is 3. The molecule has 0 aliphatic heterocycles. The molecule has 0 saturated heterocycles. The summed E-state index contributed by atoms with van der Waals surface area (Å²) in [5.41, 5.74) is -0.944. The normalized spacial score (nSPS) is 11.1. The first-order valence-corrected chi connectivity index (χ1v) is 4.95. The Bertz CT molecular complexity index is 629. The molecule has 0 saturated carbocycles. The molecule has 0 spiro atoms. The zero-order valence-corrected chi connectivity index (χ0v) is 8.84. The largest absolute Gasteiger partial charge is 0.330 e. The van der Waals surface area contributed by atoms with Crippen LogP contribution in [0, 0.1) is 0 Å². The van der Waals surface area contributed by atoms with Crippen molar-refractivity contribution < 1.29 is 4.39 Å². The third-order valence-electron chi connectivity index (χ3n) is 2.12. The fourth-order valence-corrected chi connectivity index (χ4v) is 1.61. The van der Waals surface area contributed by atoms with Crippen LogP contribution in [0.4, 0.5) is 4.39 Å². The second-order valence-electron chi connectivity index (χ2n) is 3.18. The predicted molar refractivity (Wildman–Crippen MR) is 56.6 cm³/mol. The lowest BCUT2D eigenvalue weighted by Crippen LogP contribution is -2.30. The molecule has 2 aromatic heterocycles. The molecule has 2 rings (SSSR count). The molecule has 0 atom stereocenters. The van der Waals surface area contributed by atoms with E-state index in [4.69, 9.17) is 11.6 Å². The van der Waals surface area contributed by atoms with E-state index in [-0.39, 0.29) is 29.4 Å². The van der Waals surface area contributed by atoms with Gasteiger partial charge in [0.25, 0.3) is 5.56 Å². The first-order valence-electron chi connectivity index (χ1n) is 4.58. The van der Waals surface area contributed by atoms with Crippen LogP contribution in [0.3, 0.4) is 0 Å². The number of aromatic amines is 2. The summed E-state index contributed by atoms with van der Waals surface area (Å²) in [6, 6.07) is 0. The van der Waals surface area contributed by atoms with E-state index in [1.54, 1.807) is 0 Å². The molecule has 16 heavy (non-hydrogen) atoms. The number of alkyl halides is 1. The maximum atomic E-state index is 12.1. The van der Waals surface area contributed by atoms with Gasteiger partial charge in [0.05, 0.1) is 6.67 Å². The molecule has 0 unspecified atom stereocenters. The van der Waals surface area contributed by atoms with Crippen LogP contribution in [0.5, 0.6) is 0 Å². The number of halogens is 2. The Morgan fingerprint density at radius 1 is 1.38 bits per heavy atom. The van der Waals surface area contributed by atoms with Crippen LogP contribution in [0.1, 0.15) is 6.42 Å². The predicted octanol–water partition coefficient (Wildman–Crippen LogP) is 0.426. The van der Waals surface area contributed by atoms with Crippen LogP contribution in [0.2, 0.25) is 5.28 Å². The van der Waals surface area contributed by atoms with Crippen LogP contribution in [-0.4, -0.2) is 26.2 Å². The molecule has 2 aromatic rings. The van der Waals surface area contributed by atoms with Crippen molar-refractivity contribution in [3.63, 3.8) is 0 Å². The van der Waals surface area contributed by atoms with Crippen molar-refractivity contribution in [3.05, 3.63) is 26.1 Å². The molecular formula is C8H8ClFN4O2. The third-order valence-corrected chi connectivity index (χ3v) is 2.30. The Hall–Kier alpha value is -1.63. The van der Waals surface area contributed by atoms with Gasteiger partial charge in [-0.3, -0.25) is 18.7 Å². The molecule has 0 aliphatic carbocycles. The van der Waals surface area contributed by atoms with Crippen molar-refractivity contribution in [2.24, 2.45) is 0 Å². The van der Waals surface area contributed by atoms with Gasteiger partial charge in [0.2, 0.25) is 5.28 Å². The number of fused-ring (bicyclic) bond motifs is 1. The minimum absolute atomic E-state index is 0.0140. The van der Waals surface area contributed by atoms with Crippen molar-refractivity contribution in [3.8, 4) is 0 Å². The lowest BCUT2D eigenvalue weighted by molar-refractivity contribution is 0.444. The Morgan fingerprint density at radius 3 is 2.81 bits per heavy atom. The minimum Gasteiger partial charge on any atom is -0.323 e. The lowest BCUT2D eigenvalue weighted by atomic mass is 10.4. The van der Waals surface area contributed by atoms with Crippen LogP contribution >= 0.6 is 11.6 Å². The summed E-state index contributed by atoms with van der Waals surface area (Å²) in [7, 11) is 0. The third kappa shape index (κ3) is 1.73. The summed E-state index contributed by atoms with van der Waals surface area (Å²) < 4.78 is 13.2. The summed E-state index contributed by atoms with van der Waals surface area (Å²) in [5.74, 6) is 0. The van der Waals surface area contributed by atoms with Gasteiger partial charge in [0.15, 0.2) is 11.2 Å². The van der Waals surface area contributed by atoms with Gasteiger partial charge in [-0.15, -0.1) is 0 Å². The standard InChI is InChI=1S/C8H8ClFN4O2/c9-7-11-4-5(12-7)14(3-1-2-10)8(16)13-6(4)15/h1-3H2,(H,11,12)(H,13,15,16). The van der Waals surface area contributed by atoms with Gasteiger partial charge in [-0.25, -0.2) is 4.79 Å². The van der Waals surface area contributed by atoms with E-state index in [0.29, 0.717) is 0 Å². The molecular weight excluding hydrogens is 239 g/mol. The number of aromatic nitrogens is 4. The Balaban J connectivity index is 2.71. The van der Waals surface area contributed by atoms with E-state index in [2.05, 4.69) is 15.0 Å². The van der Waals surface area contributed by atoms with E-state index in [1.165, 1.54) is 4.57 Å². The Morgan fingerprint density at radius 2 is 2.12 bits per heavy atom. The highest BCUT2D eigenvalue weighted by Crippen LogP contribution is 2.08. The van der Waals surface area contributed by atoms with Gasteiger partial charge in [0.1, 0.15) is 0 Å². The van der Waals surface area contributed by atoms with Gasteiger partial charge in [-0.05, 0) is 18.0 Å². The van der Waals surface area contributed by atoms with Crippen LogP contribution < -0.4 is 11.2 Å². The number of H-pyrrole nitrogens is 2. The van der Waals surface area contributed by atoms with E-state index in [9.17, 15) is 14.0 Å². The van der Waals surface area contributed by atoms with Crippen molar-refractivity contribution in [2.75, 3.05) is 6.67 Å². The Labute approximate surface area is 93.1 Å². The smallest absolute Gasteiger partial charge is 0.323 e. The first kappa shape index (κ1) is 10.9. The molecule has 0 bridgehead atoms. The maximum Gasteiger partial charge on any atom is 0.330 e. The highest BCUT2D eigenvalue weighted by Gasteiger charge is 2.11. The monoisotopic (exact) mass is 246 g/mol. The first-order chi connectivity index (χ1) is 7.63. The van der Waals surface area contributed by atoms with Gasteiger partial charge in [0, 0.05) is 6.54 Å². The zero-order valence-electron chi connectivity index (χ0n) is 8.09. The van der Waals surface area contributed by atoms with Crippen molar-refractivity contribution in [1.82, 2.24) is 19.5 Å². The summed E-state index contributed by atoms with van der Waals surface area (Å²) >= 11 is 5.60. The topological polar surface area (TPSA) is 83.5 Å². The summed E-state index contributed by atoms with van der Waals surface area (Å²) in [6.07, 6.45) is 0.172. The highest BCUT2D eigenvalue weighted by molar-refractivity contribution is 6.28. The molecule has 6 nitrogen and oxygen atoms in total. The Kier molecular flexibility index (Phi) is 2.78. The average molecular weight is 247 g/mol. The number of aryl methyl sites for hydroxylation is 1. The molecule has 0 amide bonds. The number of imidazole rings is 1. The quantitative estimate of drug-likeness (QED) is 0.770. The molecule has 0 radical (unpaired) electrons. The van der Waals surface area contributed by atoms with Crippen LogP contribution in [0.25, 0.3) is 11.2 Å². The SMILES string of the molecule is O=c1[nH]c(=O)n(CCCF)c2nc(Cl)[nH]c12. The molecule has 0 fully saturated rings. The van der Waals surface area contributed by atoms with Crippen molar-refractivity contribution in [2.45, 2.75) is 13.0 Å². The van der Waals surface area contributed by atoms with E-state index in [0.717, 1.165) is 0 Å². The molecule has 0 aromatic carbocycles. The van der Waals surface area contributed by atoms with Gasteiger partial charge in [-0.2, -0.15) is 4.98 Å². The number of nitrogens with one attached hydrogen (secondary N) is 2. The molecule has 8 heteroatoms. The zero-order chi connectivity index (χ0) is 11.7. The van der Waals surface area contributed by atoms with Gasteiger partial charge >= 0.3 is 5.69 Å². The molecule has 2 N–H and O–H groups in total. The summed E-state index contributed by atoms with van der Waals surface area (Å²) in [5, 5.41) is 0.0140. The van der Waals surface area contributed by atoms with Crippen LogP contribution in [0.15, 0.2) is 9.59 Å². The lowest BCUT2D eigenvalue weighted by Gasteiger charge is -2.02. The van der Waals surface area contributed by atoms with E-state index >= 15 is 0 Å². The van der Waals surface area contributed by atoms with Gasteiger partial charge in [-0.1, -0.05) is 0 Å². The van der Waals surface area contributed by atoms with Crippen molar-refractivity contribution >= 4 is 22.8 Å². The molecule has 86 valence electrons. The molecule has 0 aliphatic rings. The molecule has 2 heterocycles. The second-order valence-corrected chi connectivity index (χ2v) is 3.54. The van der Waals surface area contributed by atoms with E-state index in [1.807, 2.05) is 0 Å². The second kappa shape index (κ2) is 4.09. The van der Waals surface area contributed by atoms with Crippen molar-refractivity contribution in [1.29, 1.82) is 0 Å². The fourth-order valence-electron chi connectivity index (χ4n) is 1.44. The van der Waals surface area contributed by atoms with E-state index < -0.39 is 17.9 Å². The number of hydrogen-bond donors (Lipinski definition) is 2. The minimum atomic E-state index is -0.617. The van der Waals surface area contributed by atoms with Gasteiger partial charge < -0.3 is 4.98 Å². The average Bonchev–Trinajstić information content (AvgIpc) is 2.60. The maximum absolute atomic E-state index is 12.1. The number of nitrogens with zero attached hydrogens (tertiary/aromatic N) is 2. The summed E-state index contributed by atoms with van der Waals surface area (Å²) in [6.45, 7) is -0.408.